The van der Waals surface area contributed by atoms with Crippen molar-refractivity contribution in [3.63, 3.8) is 0 Å². The summed E-state index contributed by atoms with van der Waals surface area (Å²) in [4.78, 5) is 25.1. The molecule has 3 aromatic rings. The average Bonchev–Trinajstić information content (AvgIpc) is 2.69. The first-order valence-corrected chi connectivity index (χ1v) is 8.23. The molecule has 0 unspecified atom stereocenters. The predicted octanol–water partition coefficient (Wildman–Crippen LogP) is 4.43. The summed E-state index contributed by atoms with van der Waals surface area (Å²) in [6.07, 6.45) is 0.215. The zero-order chi connectivity index (χ0) is 17.5. The molecule has 0 aromatic heterocycles. The van der Waals surface area contributed by atoms with E-state index in [1.54, 1.807) is 24.3 Å². The Balaban J connectivity index is 1.81. The summed E-state index contributed by atoms with van der Waals surface area (Å²) >= 11 is 0. The SMILES string of the molecule is O=C(C[C@@H](NC(=O)c1ccccc1)c1ccccc1)c1ccccc1. The van der Waals surface area contributed by atoms with Crippen molar-refractivity contribution in [2.45, 2.75) is 12.5 Å². The normalized spacial score (nSPS) is 11.5. The van der Waals surface area contributed by atoms with Crippen LogP contribution < -0.4 is 5.32 Å². The Morgan fingerprint density at radius 3 is 1.72 bits per heavy atom. The van der Waals surface area contributed by atoms with Crippen molar-refractivity contribution in [3.05, 3.63) is 108 Å². The number of hydrogen-bond donors (Lipinski definition) is 1. The number of Topliss-reactive ketones (excluding diaryl/α,β-unsaturated/α-hetero) is 1. The summed E-state index contributed by atoms with van der Waals surface area (Å²) in [6, 6.07) is 27.4. The molecule has 3 heteroatoms. The molecule has 0 radical (unpaired) electrons. The van der Waals surface area contributed by atoms with Gasteiger partial charge in [0.15, 0.2) is 5.78 Å². The summed E-state index contributed by atoms with van der Waals surface area (Å²) in [5, 5.41) is 2.99. The van der Waals surface area contributed by atoms with Gasteiger partial charge in [0.1, 0.15) is 0 Å². The van der Waals surface area contributed by atoms with Crippen LogP contribution in [0.3, 0.4) is 0 Å². The van der Waals surface area contributed by atoms with Crippen LogP contribution in [0.5, 0.6) is 0 Å². The lowest BCUT2D eigenvalue weighted by Crippen LogP contribution is -2.30. The zero-order valence-corrected chi connectivity index (χ0v) is 13.8. The minimum Gasteiger partial charge on any atom is -0.345 e. The standard InChI is InChI=1S/C22H19NO2/c24-21(18-12-6-2-7-13-18)16-20(17-10-4-1-5-11-17)23-22(25)19-14-8-3-9-15-19/h1-15,20H,16H2,(H,23,25)/t20-/m1/s1. The van der Waals surface area contributed by atoms with Gasteiger partial charge in [0.05, 0.1) is 6.04 Å². The maximum atomic E-state index is 12.6. The number of ketones is 1. The maximum Gasteiger partial charge on any atom is 0.251 e. The average molecular weight is 329 g/mol. The molecule has 0 spiro atoms. The highest BCUT2D eigenvalue weighted by Crippen LogP contribution is 2.20. The fourth-order valence-electron chi connectivity index (χ4n) is 2.70. The molecule has 1 atom stereocenters. The number of carbonyl (C=O) groups excluding carboxylic acids is 2. The van der Waals surface area contributed by atoms with Crippen LogP contribution in [0.15, 0.2) is 91.0 Å². The Bertz CT molecular complexity index is 776. The Hall–Kier alpha value is -3.20. The van der Waals surface area contributed by atoms with Crippen LogP contribution in [0.4, 0.5) is 0 Å². The molecular weight excluding hydrogens is 310 g/mol. The molecule has 0 saturated heterocycles. The van der Waals surface area contributed by atoms with Gasteiger partial charge in [-0.1, -0.05) is 78.9 Å². The summed E-state index contributed by atoms with van der Waals surface area (Å²) in [5.74, 6) is -0.182. The van der Waals surface area contributed by atoms with Crippen LogP contribution in [-0.4, -0.2) is 11.7 Å². The minimum atomic E-state index is -0.374. The first-order chi connectivity index (χ1) is 12.2. The molecule has 0 aliphatic rings. The van der Waals surface area contributed by atoms with Gasteiger partial charge in [-0.05, 0) is 17.7 Å². The maximum absolute atomic E-state index is 12.6. The van der Waals surface area contributed by atoms with Crippen LogP contribution in [0.1, 0.15) is 38.7 Å². The molecule has 0 aliphatic heterocycles. The molecule has 25 heavy (non-hydrogen) atoms. The van der Waals surface area contributed by atoms with Crippen LogP contribution in [0.2, 0.25) is 0 Å². The van der Waals surface area contributed by atoms with E-state index in [-0.39, 0.29) is 24.2 Å². The third-order valence-electron chi connectivity index (χ3n) is 4.03. The first-order valence-electron chi connectivity index (χ1n) is 8.23. The van der Waals surface area contributed by atoms with Gasteiger partial charge in [-0.25, -0.2) is 0 Å². The van der Waals surface area contributed by atoms with E-state index < -0.39 is 0 Å². The van der Waals surface area contributed by atoms with Crippen LogP contribution in [0.25, 0.3) is 0 Å². The van der Waals surface area contributed by atoms with Crippen molar-refractivity contribution in [1.82, 2.24) is 5.32 Å². The zero-order valence-electron chi connectivity index (χ0n) is 13.8. The van der Waals surface area contributed by atoms with Gasteiger partial charge in [0, 0.05) is 17.5 Å². The van der Waals surface area contributed by atoms with E-state index in [0.29, 0.717) is 11.1 Å². The lowest BCUT2D eigenvalue weighted by Gasteiger charge is -2.19. The summed E-state index contributed by atoms with van der Waals surface area (Å²) < 4.78 is 0. The highest BCUT2D eigenvalue weighted by atomic mass is 16.2. The summed E-state index contributed by atoms with van der Waals surface area (Å²) in [7, 11) is 0. The van der Waals surface area contributed by atoms with Crippen molar-refractivity contribution < 1.29 is 9.59 Å². The topological polar surface area (TPSA) is 46.2 Å². The molecule has 0 fully saturated rings. The van der Waals surface area contributed by atoms with Gasteiger partial charge in [-0.2, -0.15) is 0 Å². The molecule has 0 heterocycles. The second-order valence-electron chi connectivity index (χ2n) is 5.80. The number of hydrogen-bond acceptors (Lipinski definition) is 2. The van der Waals surface area contributed by atoms with Crippen LogP contribution >= 0.6 is 0 Å². The monoisotopic (exact) mass is 329 g/mol. The third kappa shape index (κ3) is 4.42. The lowest BCUT2D eigenvalue weighted by atomic mass is 9.97. The lowest BCUT2D eigenvalue weighted by molar-refractivity contribution is 0.0912. The van der Waals surface area contributed by atoms with Crippen molar-refractivity contribution >= 4 is 11.7 Å². The van der Waals surface area contributed by atoms with E-state index in [1.165, 1.54) is 0 Å². The molecule has 1 amide bonds. The van der Waals surface area contributed by atoms with Crippen molar-refractivity contribution in [2.75, 3.05) is 0 Å². The molecule has 0 saturated carbocycles. The molecule has 3 nitrogen and oxygen atoms in total. The number of rotatable bonds is 6. The summed E-state index contributed by atoms with van der Waals surface area (Å²) in [6.45, 7) is 0. The number of benzene rings is 3. The van der Waals surface area contributed by atoms with E-state index in [4.69, 9.17) is 0 Å². The van der Waals surface area contributed by atoms with Gasteiger partial charge < -0.3 is 5.32 Å². The third-order valence-corrected chi connectivity index (χ3v) is 4.03. The number of carbonyl (C=O) groups is 2. The van der Waals surface area contributed by atoms with Crippen molar-refractivity contribution in [1.29, 1.82) is 0 Å². The second kappa shape index (κ2) is 8.06. The van der Waals surface area contributed by atoms with Crippen molar-refractivity contribution in [3.8, 4) is 0 Å². The van der Waals surface area contributed by atoms with Gasteiger partial charge >= 0.3 is 0 Å². The quantitative estimate of drug-likeness (QED) is 0.680. The van der Waals surface area contributed by atoms with E-state index in [9.17, 15) is 9.59 Å². The fraction of sp³-hybridized carbons (Fsp3) is 0.0909. The fourth-order valence-corrected chi connectivity index (χ4v) is 2.70. The Labute approximate surface area is 147 Å². The molecule has 0 bridgehead atoms. The highest BCUT2D eigenvalue weighted by molar-refractivity contribution is 5.98. The molecule has 3 aromatic carbocycles. The Kier molecular flexibility index (Phi) is 5.37. The van der Waals surface area contributed by atoms with E-state index in [2.05, 4.69) is 5.32 Å². The van der Waals surface area contributed by atoms with Gasteiger partial charge in [0.25, 0.3) is 5.91 Å². The summed E-state index contributed by atoms with van der Waals surface area (Å²) in [5.41, 5.74) is 2.14. The van der Waals surface area contributed by atoms with Crippen molar-refractivity contribution in [2.24, 2.45) is 0 Å². The smallest absolute Gasteiger partial charge is 0.251 e. The molecular formula is C22H19NO2. The molecule has 124 valence electrons. The van der Waals surface area contributed by atoms with Crippen LogP contribution in [0, 0.1) is 0 Å². The molecule has 0 aliphatic carbocycles. The van der Waals surface area contributed by atoms with Gasteiger partial charge in [0.2, 0.25) is 0 Å². The number of nitrogens with one attached hydrogen (secondary N) is 1. The van der Waals surface area contributed by atoms with Gasteiger partial charge in [-0.15, -0.1) is 0 Å². The molecule has 1 N–H and O–H groups in total. The predicted molar refractivity (Wildman–Crippen MR) is 98.5 cm³/mol. The Morgan fingerprint density at radius 1 is 0.680 bits per heavy atom. The number of amides is 1. The van der Waals surface area contributed by atoms with E-state index in [1.807, 2.05) is 66.7 Å². The second-order valence-corrected chi connectivity index (χ2v) is 5.80. The minimum absolute atomic E-state index is 0.00261. The van der Waals surface area contributed by atoms with E-state index in [0.717, 1.165) is 5.56 Å². The van der Waals surface area contributed by atoms with Gasteiger partial charge in [-0.3, -0.25) is 9.59 Å². The molecule has 3 rings (SSSR count). The van der Waals surface area contributed by atoms with Crippen LogP contribution in [-0.2, 0) is 0 Å². The largest absolute Gasteiger partial charge is 0.345 e. The first kappa shape index (κ1) is 16.7. The van der Waals surface area contributed by atoms with E-state index >= 15 is 0 Å². The highest BCUT2D eigenvalue weighted by Gasteiger charge is 2.19. The Morgan fingerprint density at radius 2 is 1.16 bits per heavy atom.